The largest absolute Gasteiger partial charge is 0.355 e. The number of benzene rings is 2. The second-order valence-electron chi connectivity index (χ2n) is 9.90. The highest BCUT2D eigenvalue weighted by atomic mass is 16.2. The molecule has 0 saturated heterocycles. The van der Waals surface area contributed by atoms with E-state index in [1.165, 1.54) is 0 Å². The molecular formula is C33H40N6O2+2. The monoisotopic (exact) mass is 552 g/mol. The van der Waals surface area contributed by atoms with Crippen LogP contribution in [0, 0.1) is 0 Å². The van der Waals surface area contributed by atoms with Crippen LogP contribution in [-0.2, 0) is 22.7 Å². The minimum atomic E-state index is -0.0175. The number of aryl methyl sites for hydroxylation is 2. The number of nitrogens with one attached hydrogen (secondary N) is 4. The topological polar surface area (TPSA) is 90.0 Å². The summed E-state index contributed by atoms with van der Waals surface area (Å²) in [6, 6.07) is 23.5. The molecule has 0 atom stereocenters. The third kappa shape index (κ3) is 9.76. The Labute approximate surface area is 242 Å². The van der Waals surface area contributed by atoms with Crippen molar-refractivity contribution in [3.05, 3.63) is 97.6 Å². The van der Waals surface area contributed by atoms with Crippen molar-refractivity contribution in [2.75, 3.05) is 21.3 Å². The standard InChI is InChI=1S/C33H38N6O2/c1-3-38-22-18-30(19-23-38)34-26-10-14-28(15-11-26)36-32(40)8-6-5-7-9-33(41)37-29-16-12-27(13-17-29)35-31-20-24-39(4-2)25-21-31/h10-25H,3-9H2,1-2H3,(H2,36,37,40,41)/p+2. The fourth-order valence-electron chi connectivity index (χ4n) is 4.30. The molecule has 212 valence electrons. The molecular weight excluding hydrogens is 512 g/mol. The van der Waals surface area contributed by atoms with Gasteiger partial charge in [0.25, 0.3) is 0 Å². The van der Waals surface area contributed by atoms with Crippen molar-refractivity contribution in [3.8, 4) is 0 Å². The normalized spacial score (nSPS) is 10.6. The summed E-state index contributed by atoms with van der Waals surface area (Å²) in [7, 11) is 0. The number of carbonyl (C=O) groups excluding carboxylic acids is 2. The number of hydrogen-bond donors (Lipinski definition) is 4. The van der Waals surface area contributed by atoms with Crippen LogP contribution in [0.15, 0.2) is 97.6 Å². The molecule has 0 aliphatic heterocycles. The molecule has 2 amide bonds. The highest BCUT2D eigenvalue weighted by molar-refractivity contribution is 5.91. The van der Waals surface area contributed by atoms with Crippen LogP contribution in [0.4, 0.5) is 34.1 Å². The number of amides is 2. The lowest BCUT2D eigenvalue weighted by atomic mass is 10.1. The first-order chi connectivity index (χ1) is 20.0. The van der Waals surface area contributed by atoms with Crippen LogP contribution in [0.25, 0.3) is 0 Å². The van der Waals surface area contributed by atoms with E-state index in [-0.39, 0.29) is 11.8 Å². The van der Waals surface area contributed by atoms with Crippen molar-refractivity contribution in [2.24, 2.45) is 0 Å². The summed E-state index contributed by atoms with van der Waals surface area (Å²) in [6.45, 7) is 6.08. The van der Waals surface area contributed by atoms with E-state index in [2.05, 4.69) is 44.2 Å². The van der Waals surface area contributed by atoms with Crippen LogP contribution < -0.4 is 30.4 Å². The molecule has 0 aliphatic rings. The van der Waals surface area contributed by atoms with Crippen LogP contribution in [0.3, 0.4) is 0 Å². The smallest absolute Gasteiger partial charge is 0.224 e. The van der Waals surface area contributed by atoms with Crippen molar-refractivity contribution < 1.29 is 18.7 Å². The van der Waals surface area contributed by atoms with Gasteiger partial charge in [0.15, 0.2) is 24.8 Å². The zero-order chi connectivity index (χ0) is 28.9. The Morgan fingerprint density at radius 3 is 1.15 bits per heavy atom. The van der Waals surface area contributed by atoms with Gasteiger partial charge >= 0.3 is 0 Å². The van der Waals surface area contributed by atoms with E-state index in [1.54, 1.807) is 0 Å². The summed E-state index contributed by atoms with van der Waals surface area (Å²) in [5, 5.41) is 12.6. The molecule has 4 rings (SSSR count). The lowest BCUT2D eigenvalue weighted by molar-refractivity contribution is -0.693. The first kappa shape index (κ1) is 29.3. The molecule has 2 heterocycles. The van der Waals surface area contributed by atoms with Crippen molar-refractivity contribution in [1.82, 2.24) is 0 Å². The van der Waals surface area contributed by atoms with E-state index < -0.39 is 0 Å². The number of unbranched alkanes of at least 4 members (excludes halogenated alkanes) is 2. The zero-order valence-electron chi connectivity index (χ0n) is 23.9. The minimum absolute atomic E-state index is 0.0175. The van der Waals surface area contributed by atoms with E-state index >= 15 is 0 Å². The predicted octanol–water partition coefficient (Wildman–Crippen LogP) is 6.32. The summed E-state index contributed by atoms with van der Waals surface area (Å²) in [5.74, 6) is -0.0350. The van der Waals surface area contributed by atoms with Gasteiger partial charge in [0.2, 0.25) is 11.8 Å². The zero-order valence-corrected chi connectivity index (χ0v) is 23.9. The molecule has 0 fully saturated rings. The molecule has 0 unspecified atom stereocenters. The number of pyridine rings is 2. The molecule has 0 saturated carbocycles. The number of hydrogen-bond acceptors (Lipinski definition) is 4. The van der Waals surface area contributed by atoms with Gasteiger partial charge in [-0.3, -0.25) is 9.59 Å². The van der Waals surface area contributed by atoms with E-state index in [1.807, 2.05) is 97.6 Å². The number of aromatic nitrogens is 2. The maximum Gasteiger partial charge on any atom is 0.224 e. The number of rotatable bonds is 14. The second kappa shape index (κ2) is 15.2. The minimum Gasteiger partial charge on any atom is -0.355 e. The summed E-state index contributed by atoms with van der Waals surface area (Å²) in [4.78, 5) is 24.7. The Morgan fingerprint density at radius 1 is 0.488 bits per heavy atom. The highest BCUT2D eigenvalue weighted by Gasteiger charge is 2.06. The Balaban J connectivity index is 1.09. The van der Waals surface area contributed by atoms with Crippen LogP contribution in [0.2, 0.25) is 0 Å². The molecule has 0 radical (unpaired) electrons. The van der Waals surface area contributed by atoms with Gasteiger partial charge in [0.1, 0.15) is 13.1 Å². The molecule has 0 spiro atoms. The summed E-state index contributed by atoms with van der Waals surface area (Å²) < 4.78 is 4.20. The molecule has 4 N–H and O–H groups in total. The van der Waals surface area contributed by atoms with Crippen LogP contribution in [0.5, 0.6) is 0 Å². The molecule has 4 aromatic rings. The van der Waals surface area contributed by atoms with Gasteiger partial charge in [-0.15, -0.1) is 0 Å². The highest BCUT2D eigenvalue weighted by Crippen LogP contribution is 2.20. The van der Waals surface area contributed by atoms with Crippen LogP contribution in [-0.4, -0.2) is 11.8 Å². The quantitative estimate of drug-likeness (QED) is 0.109. The van der Waals surface area contributed by atoms with Gasteiger partial charge in [-0.05, 0) is 75.2 Å². The van der Waals surface area contributed by atoms with Crippen molar-refractivity contribution in [2.45, 2.75) is 59.0 Å². The SMILES string of the molecule is CC[n+]1ccc(Nc2ccc(NC(=O)CCCCCC(=O)Nc3ccc(Nc4cc[n+](CC)cc4)cc3)cc2)cc1. The fraction of sp³-hybridized carbons (Fsp3) is 0.273. The maximum atomic E-state index is 12.3. The molecule has 8 heteroatoms. The first-order valence-electron chi connectivity index (χ1n) is 14.3. The molecule has 41 heavy (non-hydrogen) atoms. The second-order valence-corrected chi connectivity index (χ2v) is 9.90. The third-order valence-corrected chi connectivity index (χ3v) is 6.73. The molecule has 0 bridgehead atoms. The van der Waals surface area contributed by atoms with Gasteiger partial charge in [-0.2, -0.15) is 0 Å². The Morgan fingerprint density at radius 2 is 0.805 bits per heavy atom. The van der Waals surface area contributed by atoms with Gasteiger partial charge in [-0.1, -0.05) is 6.42 Å². The van der Waals surface area contributed by atoms with Gasteiger partial charge in [-0.25, -0.2) is 9.13 Å². The predicted molar refractivity (Wildman–Crippen MR) is 164 cm³/mol. The van der Waals surface area contributed by atoms with E-state index in [9.17, 15) is 9.59 Å². The van der Waals surface area contributed by atoms with Crippen molar-refractivity contribution >= 4 is 45.9 Å². The fourth-order valence-corrected chi connectivity index (χ4v) is 4.30. The molecule has 8 nitrogen and oxygen atoms in total. The van der Waals surface area contributed by atoms with Gasteiger partial charge in [0, 0.05) is 59.9 Å². The van der Waals surface area contributed by atoms with E-state index in [4.69, 9.17) is 0 Å². The van der Waals surface area contributed by atoms with Gasteiger partial charge in [0.05, 0.1) is 11.4 Å². The summed E-state index contributed by atoms with van der Waals surface area (Å²) in [6.07, 6.45) is 11.3. The average Bonchev–Trinajstić information content (AvgIpc) is 3.00. The van der Waals surface area contributed by atoms with E-state index in [0.717, 1.165) is 66.5 Å². The number of anilines is 6. The summed E-state index contributed by atoms with van der Waals surface area (Å²) >= 11 is 0. The molecule has 2 aromatic carbocycles. The van der Waals surface area contributed by atoms with Crippen molar-refractivity contribution in [1.29, 1.82) is 0 Å². The molecule has 0 aliphatic carbocycles. The Bertz CT molecular complexity index is 1280. The lowest BCUT2D eigenvalue weighted by Gasteiger charge is -2.09. The van der Waals surface area contributed by atoms with Crippen molar-refractivity contribution in [3.63, 3.8) is 0 Å². The first-order valence-corrected chi connectivity index (χ1v) is 14.3. The van der Waals surface area contributed by atoms with E-state index in [0.29, 0.717) is 12.8 Å². The molecule has 2 aromatic heterocycles. The maximum absolute atomic E-state index is 12.3. The number of carbonyl (C=O) groups is 2. The van der Waals surface area contributed by atoms with Gasteiger partial charge < -0.3 is 21.3 Å². The summed E-state index contributed by atoms with van der Waals surface area (Å²) in [5.41, 5.74) is 5.48. The van der Waals surface area contributed by atoms with Crippen LogP contribution in [0.1, 0.15) is 46.0 Å². The lowest BCUT2D eigenvalue weighted by Crippen LogP contribution is -2.30. The average molecular weight is 553 g/mol. The van der Waals surface area contributed by atoms with Crippen LogP contribution >= 0.6 is 0 Å². The Kier molecular flexibility index (Phi) is 10.8. The third-order valence-electron chi connectivity index (χ3n) is 6.73. The Hall–Kier alpha value is -4.72. The number of nitrogens with zero attached hydrogens (tertiary/aromatic N) is 2.